The number of aromatic nitrogens is 2. The number of rotatable bonds is 4. The van der Waals surface area contributed by atoms with Gasteiger partial charge in [-0.15, -0.1) is 10.2 Å². The molecule has 1 saturated heterocycles. The maximum Gasteiger partial charge on any atom is 0.283 e. The second-order valence-corrected chi connectivity index (χ2v) is 5.56. The van der Waals surface area contributed by atoms with Gasteiger partial charge in [0, 0.05) is 13.1 Å². The molecule has 5 heteroatoms. The molecule has 2 aromatic rings. The smallest absolute Gasteiger partial charge is 0.283 e. The minimum Gasteiger partial charge on any atom is -0.459 e. The van der Waals surface area contributed by atoms with Gasteiger partial charge in [0.05, 0.1) is 12.2 Å². The van der Waals surface area contributed by atoms with Crippen molar-refractivity contribution in [2.75, 3.05) is 19.6 Å². The molecule has 1 atom stereocenters. The Kier molecular flexibility index (Phi) is 3.38. The highest BCUT2D eigenvalue weighted by molar-refractivity contribution is 5.42. The fourth-order valence-corrected chi connectivity index (χ4v) is 2.62. The summed E-state index contributed by atoms with van der Waals surface area (Å²) in [4.78, 5) is 2.46. The van der Waals surface area contributed by atoms with E-state index in [0.717, 1.165) is 31.9 Å². The highest BCUT2D eigenvalue weighted by Gasteiger charge is 2.28. The molecule has 0 bridgehead atoms. The first-order valence-corrected chi connectivity index (χ1v) is 6.82. The molecule has 3 heterocycles. The Balaban J connectivity index is 1.67. The van der Waals surface area contributed by atoms with Crippen molar-refractivity contribution in [3.8, 4) is 11.7 Å². The van der Waals surface area contributed by atoms with E-state index in [9.17, 15) is 0 Å². The average molecular weight is 261 g/mol. The van der Waals surface area contributed by atoms with Crippen molar-refractivity contribution < 1.29 is 8.83 Å². The van der Waals surface area contributed by atoms with E-state index in [1.54, 1.807) is 6.26 Å². The predicted molar refractivity (Wildman–Crippen MR) is 70.6 cm³/mol. The molecular weight excluding hydrogens is 242 g/mol. The second kappa shape index (κ2) is 5.17. The van der Waals surface area contributed by atoms with Gasteiger partial charge in [-0.05, 0) is 31.0 Å². The quantitative estimate of drug-likeness (QED) is 0.847. The molecule has 3 rings (SSSR count). The molecule has 5 nitrogen and oxygen atoms in total. The summed E-state index contributed by atoms with van der Waals surface area (Å²) in [5, 5.41) is 8.22. The number of hydrogen-bond acceptors (Lipinski definition) is 5. The minimum absolute atomic E-state index is 0.356. The van der Waals surface area contributed by atoms with Crippen LogP contribution in [0, 0.1) is 5.92 Å². The lowest BCUT2D eigenvalue weighted by Crippen LogP contribution is -2.24. The number of nitrogens with zero attached hydrogens (tertiary/aromatic N) is 3. The summed E-state index contributed by atoms with van der Waals surface area (Å²) in [5.41, 5.74) is 0. The molecule has 19 heavy (non-hydrogen) atoms. The van der Waals surface area contributed by atoms with Crippen LogP contribution in [0.2, 0.25) is 0 Å². The predicted octanol–water partition coefficient (Wildman–Crippen LogP) is 2.77. The Labute approximate surface area is 112 Å². The lowest BCUT2D eigenvalue weighted by atomic mass is 10.1. The third-order valence-corrected chi connectivity index (χ3v) is 3.42. The lowest BCUT2D eigenvalue weighted by Gasteiger charge is -2.17. The molecular formula is C14H19N3O2. The first-order chi connectivity index (χ1) is 9.22. The highest BCUT2D eigenvalue weighted by atomic mass is 16.4. The second-order valence-electron chi connectivity index (χ2n) is 5.56. The molecule has 0 aliphatic carbocycles. The molecule has 1 aliphatic heterocycles. The summed E-state index contributed by atoms with van der Waals surface area (Å²) >= 11 is 0. The monoisotopic (exact) mass is 261 g/mol. The van der Waals surface area contributed by atoms with Crippen molar-refractivity contribution in [2.24, 2.45) is 5.92 Å². The Bertz CT molecular complexity index is 519. The molecule has 2 aromatic heterocycles. The number of hydrogen-bond donors (Lipinski definition) is 0. The molecule has 0 amide bonds. The zero-order valence-corrected chi connectivity index (χ0v) is 11.4. The minimum atomic E-state index is 0.356. The molecule has 0 N–H and O–H groups in total. The molecule has 0 spiro atoms. The van der Waals surface area contributed by atoms with E-state index in [0.29, 0.717) is 23.5 Å². The van der Waals surface area contributed by atoms with Crippen molar-refractivity contribution >= 4 is 0 Å². The van der Waals surface area contributed by atoms with Crippen LogP contribution in [-0.4, -0.2) is 34.7 Å². The van der Waals surface area contributed by atoms with Crippen molar-refractivity contribution in [1.29, 1.82) is 0 Å². The topological polar surface area (TPSA) is 55.3 Å². The Morgan fingerprint density at radius 1 is 1.42 bits per heavy atom. The zero-order chi connectivity index (χ0) is 13.2. The van der Waals surface area contributed by atoms with Crippen LogP contribution in [-0.2, 0) is 0 Å². The summed E-state index contributed by atoms with van der Waals surface area (Å²) < 4.78 is 11.0. The van der Waals surface area contributed by atoms with Gasteiger partial charge in [0.25, 0.3) is 5.89 Å². The normalized spacial score (nSPS) is 20.5. The van der Waals surface area contributed by atoms with E-state index in [1.165, 1.54) is 0 Å². The van der Waals surface area contributed by atoms with E-state index < -0.39 is 0 Å². The van der Waals surface area contributed by atoms with Crippen molar-refractivity contribution in [2.45, 2.75) is 26.2 Å². The first-order valence-electron chi connectivity index (χ1n) is 6.82. The maximum atomic E-state index is 5.72. The van der Waals surface area contributed by atoms with Gasteiger partial charge in [-0.25, -0.2) is 0 Å². The molecule has 0 saturated carbocycles. The Morgan fingerprint density at radius 3 is 3.05 bits per heavy atom. The van der Waals surface area contributed by atoms with Crippen molar-refractivity contribution in [3.05, 3.63) is 24.3 Å². The molecule has 102 valence electrons. The van der Waals surface area contributed by atoms with E-state index in [-0.39, 0.29) is 0 Å². The Morgan fingerprint density at radius 2 is 2.32 bits per heavy atom. The summed E-state index contributed by atoms with van der Waals surface area (Å²) in [6.45, 7) is 7.75. The third-order valence-electron chi connectivity index (χ3n) is 3.42. The largest absolute Gasteiger partial charge is 0.459 e. The van der Waals surface area contributed by atoms with Crippen molar-refractivity contribution in [1.82, 2.24) is 15.1 Å². The van der Waals surface area contributed by atoms with Gasteiger partial charge in [-0.3, -0.25) is 0 Å². The summed E-state index contributed by atoms with van der Waals surface area (Å²) in [6, 6.07) is 3.65. The van der Waals surface area contributed by atoms with Crippen LogP contribution in [0.3, 0.4) is 0 Å². The first kappa shape index (κ1) is 12.4. The van der Waals surface area contributed by atoms with Gasteiger partial charge in [-0.2, -0.15) is 0 Å². The molecule has 0 aromatic carbocycles. The SMILES string of the molecule is CC(C)CN1CC[C@H](c2nnc(-c3ccco3)o2)C1. The van der Waals surface area contributed by atoms with Crippen LogP contribution in [0.5, 0.6) is 0 Å². The molecule has 1 fully saturated rings. The molecule has 0 unspecified atom stereocenters. The standard InChI is InChI=1S/C14H19N3O2/c1-10(2)8-17-6-5-11(9-17)13-15-16-14(19-13)12-4-3-7-18-12/h3-4,7,10-11H,5-6,8-9H2,1-2H3/t11-/m0/s1. The third kappa shape index (κ3) is 2.71. The summed E-state index contributed by atoms with van der Waals surface area (Å²) in [7, 11) is 0. The van der Waals surface area contributed by atoms with Gasteiger partial charge in [0.15, 0.2) is 5.76 Å². The summed E-state index contributed by atoms with van der Waals surface area (Å²) in [6.07, 6.45) is 2.70. The maximum absolute atomic E-state index is 5.72. The van der Waals surface area contributed by atoms with Crippen LogP contribution in [0.1, 0.15) is 32.1 Å². The van der Waals surface area contributed by atoms with Crippen LogP contribution in [0.15, 0.2) is 27.2 Å². The van der Waals surface area contributed by atoms with Gasteiger partial charge in [-0.1, -0.05) is 13.8 Å². The van der Waals surface area contributed by atoms with Crippen LogP contribution in [0.4, 0.5) is 0 Å². The van der Waals surface area contributed by atoms with Crippen molar-refractivity contribution in [3.63, 3.8) is 0 Å². The fraction of sp³-hybridized carbons (Fsp3) is 0.571. The molecule has 1 aliphatic rings. The molecule has 0 radical (unpaired) electrons. The van der Waals surface area contributed by atoms with Crippen LogP contribution in [0.25, 0.3) is 11.7 Å². The van der Waals surface area contributed by atoms with Gasteiger partial charge >= 0.3 is 0 Å². The Hall–Kier alpha value is -1.62. The van der Waals surface area contributed by atoms with Gasteiger partial charge < -0.3 is 13.7 Å². The lowest BCUT2D eigenvalue weighted by molar-refractivity contribution is 0.290. The van der Waals surface area contributed by atoms with E-state index >= 15 is 0 Å². The van der Waals surface area contributed by atoms with Crippen LogP contribution < -0.4 is 0 Å². The number of likely N-dealkylation sites (tertiary alicyclic amines) is 1. The zero-order valence-electron chi connectivity index (χ0n) is 11.4. The highest BCUT2D eigenvalue weighted by Crippen LogP contribution is 2.28. The fourth-order valence-electron chi connectivity index (χ4n) is 2.62. The van der Waals surface area contributed by atoms with Crippen LogP contribution >= 0.6 is 0 Å². The van der Waals surface area contributed by atoms with Gasteiger partial charge in [0.2, 0.25) is 5.89 Å². The summed E-state index contributed by atoms with van der Waals surface area (Å²) in [5.74, 6) is 2.89. The van der Waals surface area contributed by atoms with E-state index in [1.807, 2.05) is 12.1 Å². The van der Waals surface area contributed by atoms with E-state index in [4.69, 9.17) is 8.83 Å². The van der Waals surface area contributed by atoms with Gasteiger partial charge in [0.1, 0.15) is 0 Å². The van der Waals surface area contributed by atoms with E-state index in [2.05, 4.69) is 28.9 Å². The average Bonchev–Trinajstić information content (AvgIpc) is 3.09. The number of furan rings is 1.